The molecule has 0 saturated carbocycles. The minimum absolute atomic E-state index is 0.247. The van der Waals surface area contributed by atoms with E-state index in [2.05, 4.69) is 10.3 Å². The summed E-state index contributed by atoms with van der Waals surface area (Å²) in [6.07, 6.45) is 3.49. The number of nitrogens with zero attached hydrogens (tertiary/aromatic N) is 3. The maximum atomic E-state index is 13.0. The summed E-state index contributed by atoms with van der Waals surface area (Å²) in [6.45, 7) is 5.41. The van der Waals surface area contributed by atoms with Gasteiger partial charge < -0.3 is 5.32 Å². The highest BCUT2D eigenvalue weighted by Crippen LogP contribution is 2.31. The summed E-state index contributed by atoms with van der Waals surface area (Å²) in [7, 11) is 0. The SMILES string of the molecule is CC(C)(C)N1C(=O)c2ccc(C(=O)Nc3cccc(-c4csc(-c5cccnc5)n4)c3)cc2C1=O. The highest BCUT2D eigenvalue weighted by atomic mass is 32.1. The minimum atomic E-state index is -0.650. The number of benzene rings is 2. The van der Waals surface area contributed by atoms with Gasteiger partial charge in [-0.15, -0.1) is 11.3 Å². The van der Waals surface area contributed by atoms with Gasteiger partial charge in [0.2, 0.25) is 0 Å². The quantitative estimate of drug-likeness (QED) is 0.387. The van der Waals surface area contributed by atoms with Gasteiger partial charge in [0, 0.05) is 45.7 Å². The van der Waals surface area contributed by atoms with Crippen LogP contribution >= 0.6 is 11.3 Å². The predicted molar refractivity (Wildman–Crippen MR) is 135 cm³/mol. The molecule has 1 N–H and O–H groups in total. The number of hydrogen-bond donors (Lipinski definition) is 1. The first-order valence-corrected chi connectivity index (χ1v) is 11.9. The van der Waals surface area contributed by atoms with Crippen molar-refractivity contribution in [2.45, 2.75) is 26.3 Å². The van der Waals surface area contributed by atoms with Crippen molar-refractivity contribution in [1.82, 2.24) is 14.9 Å². The lowest BCUT2D eigenvalue weighted by atomic mass is 10.0. The third-order valence-electron chi connectivity index (χ3n) is 5.65. The van der Waals surface area contributed by atoms with E-state index in [9.17, 15) is 14.4 Å². The van der Waals surface area contributed by atoms with Gasteiger partial charge in [0.25, 0.3) is 17.7 Å². The average Bonchev–Trinajstić information content (AvgIpc) is 3.43. The predicted octanol–water partition coefficient (Wildman–Crippen LogP) is 5.52. The van der Waals surface area contributed by atoms with Crippen molar-refractivity contribution in [1.29, 1.82) is 0 Å². The van der Waals surface area contributed by atoms with Gasteiger partial charge >= 0.3 is 0 Å². The first-order valence-electron chi connectivity index (χ1n) is 11.0. The molecule has 3 amide bonds. The van der Waals surface area contributed by atoms with E-state index in [1.54, 1.807) is 51.4 Å². The molecule has 4 aromatic rings. The van der Waals surface area contributed by atoms with Gasteiger partial charge in [0.05, 0.1) is 16.8 Å². The summed E-state index contributed by atoms with van der Waals surface area (Å²) in [6, 6.07) is 15.8. The number of pyridine rings is 1. The molecule has 35 heavy (non-hydrogen) atoms. The van der Waals surface area contributed by atoms with Gasteiger partial charge in [-0.05, 0) is 63.2 Å². The number of rotatable bonds is 4. The number of anilines is 1. The molecule has 1 aliphatic rings. The second-order valence-electron chi connectivity index (χ2n) is 9.19. The number of amides is 3. The minimum Gasteiger partial charge on any atom is -0.322 e. The molecule has 5 rings (SSSR count). The van der Waals surface area contributed by atoms with Gasteiger partial charge in [0.15, 0.2) is 0 Å². The molecule has 7 nitrogen and oxygen atoms in total. The molecule has 3 heterocycles. The zero-order chi connectivity index (χ0) is 24.7. The molecule has 174 valence electrons. The van der Waals surface area contributed by atoms with Crippen molar-refractivity contribution in [3.05, 3.63) is 89.1 Å². The molecule has 0 atom stereocenters. The lowest BCUT2D eigenvalue weighted by Gasteiger charge is -2.29. The third kappa shape index (κ3) is 4.24. The largest absolute Gasteiger partial charge is 0.322 e. The maximum Gasteiger partial charge on any atom is 0.262 e. The van der Waals surface area contributed by atoms with E-state index in [4.69, 9.17) is 4.98 Å². The fourth-order valence-electron chi connectivity index (χ4n) is 3.98. The average molecular weight is 483 g/mol. The van der Waals surface area contributed by atoms with E-state index < -0.39 is 5.54 Å². The van der Waals surface area contributed by atoms with Crippen LogP contribution in [0.15, 0.2) is 72.4 Å². The van der Waals surface area contributed by atoms with Crippen LogP contribution in [0, 0.1) is 0 Å². The Morgan fingerprint density at radius 2 is 1.71 bits per heavy atom. The second kappa shape index (κ2) is 8.56. The van der Waals surface area contributed by atoms with Gasteiger partial charge in [-0.2, -0.15) is 0 Å². The third-order valence-corrected chi connectivity index (χ3v) is 6.54. The van der Waals surface area contributed by atoms with E-state index in [0.717, 1.165) is 21.8 Å². The van der Waals surface area contributed by atoms with E-state index in [-0.39, 0.29) is 23.3 Å². The van der Waals surface area contributed by atoms with Gasteiger partial charge in [0.1, 0.15) is 5.01 Å². The summed E-state index contributed by atoms with van der Waals surface area (Å²) in [5, 5.41) is 5.71. The summed E-state index contributed by atoms with van der Waals surface area (Å²) in [5.74, 6) is -1.10. The van der Waals surface area contributed by atoms with E-state index in [1.807, 2.05) is 35.7 Å². The number of imide groups is 1. The maximum absolute atomic E-state index is 13.0. The van der Waals surface area contributed by atoms with E-state index in [1.165, 1.54) is 22.3 Å². The summed E-state index contributed by atoms with van der Waals surface area (Å²) in [5.41, 5.74) is 3.43. The molecule has 0 bridgehead atoms. The molecule has 8 heteroatoms. The normalized spacial score (nSPS) is 13.2. The molecule has 1 aliphatic heterocycles. The van der Waals surface area contributed by atoms with Crippen LogP contribution in [0.3, 0.4) is 0 Å². The van der Waals surface area contributed by atoms with Crippen LogP contribution in [0.2, 0.25) is 0 Å². The monoisotopic (exact) mass is 482 g/mol. The fourth-order valence-corrected chi connectivity index (χ4v) is 4.80. The van der Waals surface area contributed by atoms with E-state index in [0.29, 0.717) is 16.8 Å². The molecule has 0 saturated heterocycles. The Balaban J connectivity index is 1.37. The van der Waals surface area contributed by atoms with Crippen molar-refractivity contribution >= 4 is 34.7 Å². The fraction of sp³-hybridized carbons (Fsp3) is 0.148. The first kappa shape index (κ1) is 22.6. The molecule has 0 aliphatic carbocycles. The molecule has 0 radical (unpaired) electrons. The molecule has 0 spiro atoms. The summed E-state index contributed by atoms with van der Waals surface area (Å²) < 4.78 is 0. The van der Waals surface area contributed by atoms with Crippen LogP contribution in [0.1, 0.15) is 51.8 Å². The second-order valence-corrected chi connectivity index (χ2v) is 10.0. The van der Waals surface area contributed by atoms with Crippen LogP contribution in [0.4, 0.5) is 5.69 Å². The van der Waals surface area contributed by atoms with Crippen molar-refractivity contribution in [3.8, 4) is 21.8 Å². The molecule has 0 fully saturated rings. The summed E-state index contributed by atoms with van der Waals surface area (Å²) >= 11 is 1.53. The van der Waals surface area contributed by atoms with E-state index >= 15 is 0 Å². The standard InChI is InChI=1S/C27H22N4O3S/c1-27(2,3)31-25(33)20-10-9-17(13-21(20)26(31)34)23(32)29-19-8-4-6-16(12-19)22-15-35-24(30-22)18-7-5-11-28-14-18/h4-15H,1-3H3,(H,29,32). The Bertz CT molecular complexity index is 1470. The number of fused-ring (bicyclic) bond motifs is 1. The number of thiazole rings is 1. The Morgan fingerprint density at radius 1 is 0.943 bits per heavy atom. The Labute approximate surface area is 206 Å². The highest BCUT2D eigenvalue weighted by molar-refractivity contribution is 7.13. The zero-order valence-corrected chi connectivity index (χ0v) is 20.2. The number of carbonyl (C=O) groups is 3. The van der Waals surface area contributed by atoms with Gasteiger partial charge in [-0.25, -0.2) is 4.98 Å². The number of nitrogens with one attached hydrogen (secondary N) is 1. The summed E-state index contributed by atoms with van der Waals surface area (Å²) in [4.78, 5) is 48.6. The Morgan fingerprint density at radius 3 is 2.46 bits per heavy atom. The van der Waals surface area contributed by atoms with Crippen molar-refractivity contribution in [2.24, 2.45) is 0 Å². The van der Waals surface area contributed by atoms with Crippen LogP contribution in [-0.2, 0) is 0 Å². The highest BCUT2D eigenvalue weighted by Gasteiger charge is 2.42. The zero-order valence-electron chi connectivity index (χ0n) is 19.4. The first-order chi connectivity index (χ1) is 16.7. The molecule has 2 aromatic heterocycles. The molecule has 2 aromatic carbocycles. The lowest BCUT2D eigenvalue weighted by Crippen LogP contribution is -2.45. The van der Waals surface area contributed by atoms with Gasteiger partial charge in [-0.1, -0.05) is 12.1 Å². The lowest BCUT2D eigenvalue weighted by molar-refractivity contribution is 0.0507. The van der Waals surface area contributed by atoms with Crippen molar-refractivity contribution in [3.63, 3.8) is 0 Å². The molecule has 0 unspecified atom stereocenters. The Hall–Kier alpha value is -4.17. The van der Waals surface area contributed by atoms with Crippen molar-refractivity contribution in [2.75, 3.05) is 5.32 Å². The topological polar surface area (TPSA) is 92.3 Å². The molecular weight excluding hydrogens is 460 g/mol. The van der Waals surface area contributed by atoms with Gasteiger partial charge in [-0.3, -0.25) is 24.3 Å². The van der Waals surface area contributed by atoms with Crippen molar-refractivity contribution < 1.29 is 14.4 Å². The number of aromatic nitrogens is 2. The number of hydrogen-bond acceptors (Lipinski definition) is 6. The van der Waals surface area contributed by atoms with Crippen LogP contribution < -0.4 is 5.32 Å². The Kier molecular flexibility index (Phi) is 5.53. The number of carbonyl (C=O) groups excluding carboxylic acids is 3. The smallest absolute Gasteiger partial charge is 0.262 e. The van der Waals surface area contributed by atoms with Crippen LogP contribution in [0.5, 0.6) is 0 Å². The molecular formula is C27H22N4O3S. The van der Waals surface area contributed by atoms with Crippen LogP contribution in [0.25, 0.3) is 21.8 Å². The van der Waals surface area contributed by atoms with Crippen LogP contribution in [-0.4, -0.2) is 38.1 Å².